The van der Waals surface area contributed by atoms with Gasteiger partial charge in [-0.05, 0) is 105 Å². The van der Waals surface area contributed by atoms with Gasteiger partial charge in [0.15, 0.2) is 0 Å². The summed E-state index contributed by atoms with van der Waals surface area (Å²) in [5, 5.41) is 4.82. The number of anilines is 3. The second-order valence-corrected chi connectivity index (χ2v) is 15.6. The molecule has 1 aliphatic heterocycles. The highest BCUT2D eigenvalue weighted by atomic mass is 16.3. The van der Waals surface area contributed by atoms with Crippen molar-refractivity contribution in [2.75, 3.05) is 4.90 Å². The lowest BCUT2D eigenvalue weighted by Crippen LogP contribution is -2.33. The van der Waals surface area contributed by atoms with Gasteiger partial charge < -0.3 is 13.9 Å². The van der Waals surface area contributed by atoms with Crippen LogP contribution in [-0.2, 0) is 5.41 Å². The van der Waals surface area contributed by atoms with E-state index in [-0.39, 0.29) is 0 Å². The van der Waals surface area contributed by atoms with Gasteiger partial charge in [-0.1, -0.05) is 146 Å². The number of furan rings is 1. The Morgan fingerprint density at radius 1 is 0.397 bits per heavy atom. The third kappa shape index (κ3) is 4.07. The van der Waals surface area contributed by atoms with Crippen LogP contribution >= 0.6 is 0 Å². The minimum Gasteiger partial charge on any atom is -0.456 e. The zero-order valence-electron chi connectivity index (χ0n) is 31.4. The van der Waals surface area contributed by atoms with Crippen LogP contribution in [-0.4, -0.2) is 4.57 Å². The van der Waals surface area contributed by atoms with Crippen LogP contribution in [0.25, 0.3) is 71.7 Å². The maximum atomic E-state index is 6.33. The molecule has 3 heteroatoms. The SMILES string of the molecule is c1ccc(N(c2cccc(-c3cccc4oc5ccccc5c34)c2)c2ccc3c(c2)C2(c4ccccc4-c4ccccc42)c2cccc4c5ccccc5n-3c24)cc1. The van der Waals surface area contributed by atoms with Crippen molar-refractivity contribution in [2.24, 2.45) is 0 Å². The van der Waals surface area contributed by atoms with Gasteiger partial charge in [-0.25, -0.2) is 0 Å². The molecule has 0 saturated carbocycles. The van der Waals surface area contributed by atoms with Crippen LogP contribution in [0.1, 0.15) is 22.3 Å². The Labute approximate surface area is 335 Å². The predicted octanol–water partition coefficient (Wildman–Crippen LogP) is 14.5. The quantitative estimate of drug-likeness (QED) is 0.179. The average molecular weight is 739 g/mol. The first-order valence-corrected chi connectivity index (χ1v) is 20.0. The molecule has 3 heterocycles. The van der Waals surface area contributed by atoms with Crippen molar-refractivity contribution < 1.29 is 4.42 Å². The summed E-state index contributed by atoms with van der Waals surface area (Å²) in [5.41, 5.74) is 18.4. The summed E-state index contributed by atoms with van der Waals surface area (Å²) in [6.07, 6.45) is 0. The number of fused-ring (bicyclic) bond motifs is 15. The molecule has 9 aromatic carbocycles. The van der Waals surface area contributed by atoms with Crippen molar-refractivity contribution in [3.63, 3.8) is 0 Å². The van der Waals surface area contributed by atoms with Crippen molar-refractivity contribution in [1.82, 2.24) is 4.57 Å². The maximum Gasteiger partial charge on any atom is 0.136 e. The lowest BCUT2D eigenvalue weighted by atomic mass is 9.65. The standard InChI is InChI=1S/C55H34N2O/c1-2-16-36(17-3-1)56(37-18-12-15-35(33-37)39-23-14-30-52-53(39)44-22-7-11-29-51(44)58-52)38-31-32-50-48(34-38)55(45-25-8-4-19-40(45)41-20-5-9-26-46(41)55)47-27-13-24-43-42-21-6-10-28-49(42)57(50)54(43)47/h1-34H. The number of rotatable bonds is 4. The molecule has 0 bridgehead atoms. The normalized spacial score (nSPS) is 13.3. The van der Waals surface area contributed by atoms with Crippen molar-refractivity contribution in [2.45, 2.75) is 5.41 Å². The van der Waals surface area contributed by atoms with E-state index in [1.807, 2.05) is 6.07 Å². The molecule has 0 fully saturated rings. The van der Waals surface area contributed by atoms with Crippen molar-refractivity contribution >= 4 is 60.8 Å². The van der Waals surface area contributed by atoms with Crippen LogP contribution in [0.2, 0.25) is 0 Å². The molecular weight excluding hydrogens is 705 g/mol. The highest BCUT2D eigenvalue weighted by Gasteiger charge is 2.51. The molecular formula is C55H34N2O. The Bertz CT molecular complexity index is 3430. The number of benzene rings is 9. The van der Waals surface area contributed by atoms with Gasteiger partial charge in [0.2, 0.25) is 0 Å². The Hall–Kier alpha value is -7.62. The van der Waals surface area contributed by atoms with E-state index in [1.165, 1.54) is 60.9 Å². The number of aromatic nitrogens is 1. The molecule has 0 saturated heterocycles. The third-order valence-corrected chi connectivity index (χ3v) is 12.8. The molecule has 58 heavy (non-hydrogen) atoms. The van der Waals surface area contributed by atoms with E-state index in [1.54, 1.807) is 0 Å². The second-order valence-electron chi connectivity index (χ2n) is 15.6. The minimum atomic E-state index is -0.537. The lowest BCUT2D eigenvalue weighted by Gasteiger charge is -2.40. The van der Waals surface area contributed by atoms with Gasteiger partial charge in [-0.15, -0.1) is 0 Å². The topological polar surface area (TPSA) is 21.3 Å². The largest absolute Gasteiger partial charge is 0.456 e. The molecule has 11 aromatic rings. The number of hydrogen-bond donors (Lipinski definition) is 0. The highest BCUT2D eigenvalue weighted by Crippen LogP contribution is 2.61. The molecule has 1 spiro atoms. The van der Waals surface area contributed by atoms with E-state index in [0.717, 1.165) is 50.1 Å². The molecule has 270 valence electrons. The molecule has 2 aromatic heterocycles. The summed E-state index contributed by atoms with van der Waals surface area (Å²) in [5.74, 6) is 0. The first kappa shape index (κ1) is 31.6. The summed E-state index contributed by atoms with van der Waals surface area (Å²) in [4.78, 5) is 2.42. The fourth-order valence-electron chi connectivity index (χ4n) is 10.5. The number of hydrogen-bond acceptors (Lipinski definition) is 2. The molecule has 0 amide bonds. The molecule has 13 rings (SSSR count). The summed E-state index contributed by atoms with van der Waals surface area (Å²) < 4.78 is 8.86. The van der Waals surface area contributed by atoms with Gasteiger partial charge in [0.25, 0.3) is 0 Å². The fraction of sp³-hybridized carbons (Fsp3) is 0.0182. The van der Waals surface area contributed by atoms with Crippen molar-refractivity contribution in [3.8, 4) is 27.9 Å². The minimum absolute atomic E-state index is 0.537. The third-order valence-electron chi connectivity index (χ3n) is 12.8. The van der Waals surface area contributed by atoms with Gasteiger partial charge in [-0.3, -0.25) is 0 Å². The zero-order chi connectivity index (χ0) is 38.0. The summed E-state index contributed by atoms with van der Waals surface area (Å²) in [6.45, 7) is 0. The maximum absolute atomic E-state index is 6.33. The molecule has 1 aliphatic carbocycles. The van der Waals surface area contributed by atoms with Gasteiger partial charge in [0, 0.05) is 38.6 Å². The molecule has 0 radical (unpaired) electrons. The van der Waals surface area contributed by atoms with Crippen LogP contribution in [0.15, 0.2) is 211 Å². The smallest absolute Gasteiger partial charge is 0.136 e. The van der Waals surface area contributed by atoms with Gasteiger partial charge in [0.1, 0.15) is 11.2 Å². The number of nitrogens with zero attached hydrogens (tertiary/aromatic N) is 2. The van der Waals surface area contributed by atoms with Gasteiger partial charge >= 0.3 is 0 Å². The molecule has 2 aliphatic rings. The van der Waals surface area contributed by atoms with E-state index in [0.29, 0.717) is 0 Å². The Balaban J connectivity index is 1.10. The van der Waals surface area contributed by atoms with Gasteiger partial charge in [0.05, 0.1) is 22.1 Å². The molecule has 0 unspecified atom stereocenters. The van der Waals surface area contributed by atoms with E-state index in [4.69, 9.17) is 4.42 Å². The summed E-state index contributed by atoms with van der Waals surface area (Å²) in [6, 6.07) is 75.6. The Kier molecular flexibility index (Phi) is 6.37. The summed E-state index contributed by atoms with van der Waals surface area (Å²) in [7, 11) is 0. The molecule has 3 nitrogen and oxygen atoms in total. The van der Waals surface area contributed by atoms with Crippen molar-refractivity contribution in [1.29, 1.82) is 0 Å². The van der Waals surface area contributed by atoms with Crippen LogP contribution in [0.5, 0.6) is 0 Å². The van der Waals surface area contributed by atoms with E-state index >= 15 is 0 Å². The monoisotopic (exact) mass is 738 g/mol. The van der Waals surface area contributed by atoms with E-state index in [9.17, 15) is 0 Å². The first-order chi connectivity index (χ1) is 28.8. The zero-order valence-corrected chi connectivity index (χ0v) is 31.4. The lowest BCUT2D eigenvalue weighted by molar-refractivity contribution is 0.669. The van der Waals surface area contributed by atoms with Crippen LogP contribution < -0.4 is 4.90 Å². The molecule has 0 atom stereocenters. The highest BCUT2D eigenvalue weighted by molar-refractivity contribution is 6.14. The fourth-order valence-corrected chi connectivity index (χ4v) is 10.5. The first-order valence-electron chi connectivity index (χ1n) is 20.0. The van der Waals surface area contributed by atoms with E-state index in [2.05, 4.69) is 210 Å². The van der Waals surface area contributed by atoms with Crippen LogP contribution in [0.3, 0.4) is 0 Å². The van der Waals surface area contributed by atoms with Crippen LogP contribution in [0, 0.1) is 0 Å². The Morgan fingerprint density at radius 2 is 1.00 bits per heavy atom. The van der Waals surface area contributed by atoms with Crippen molar-refractivity contribution in [3.05, 3.63) is 229 Å². The Morgan fingerprint density at radius 3 is 1.84 bits per heavy atom. The van der Waals surface area contributed by atoms with E-state index < -0.39 is 5.41 Å². The van der Waals surface area contributed by atoms with Crippen LogP contribution in [0.4, 0.5) is 17.1 Å². The average Bonchev–Trinajstić information content (AvgIpc) is 3.94. The second kappa shape index (κ2) is 11.7. The number of para-hydroxylation sites is 4. The molecule has 0 N–H and O–H groups in total. The summed E-state index contributed by atoms with van der Waals surface area (Å²) >= 11 is 0. The predicted molar refractivity (Wildman–Crippen MR) is 239 cm³/mol. The van der Waals surface area contributed by atoms with Gasteiger partial charge in [-0.2, -0.15) is 0 Å².